The van der Waals surface area contributed by atoms with Gasteiger partial charge in [-0.25, -0.2) is 0 Å². The Morgan fingerprint density at radius 3 is 2.71 bits per heavy atom. The second-order valence-corrected chi connectivity index (χ2v) is 5.07. The highest BCUT2D eigenvalue weighted by Crippen LogP contribution is 2.25. The molecule has 2 amide bonds. The van der Waals surface area contributed by atoms with Gasteiger partial charge in [-0.1, -0.05) is 0 Å². The van der Waals surface area contributed by atoms with E-state index in [9.17, 15) is 14.4 Å². The molecule has 0 atom stereocenters. The number of amides is 2. The summed E-state index contributed by atoms with van der Waals surface area (Å²) in [5.41, 5.74) is 2.51. The van der Waals surface area contributed by atoms with Gasteiger partial charge in [-0.05, 0) is 43.0 Å². The molecule has 0 saturated carbocycles. The molecule has 3 N–H and O–H groups in total. The van der Waals surface area contributed by atoms with Crippen molar-refractivity contribution in [1.29, 1.82) is 0 Å². The van der Waals surface area contributed by atoms with Crippen molar-refractivity contribution in [3.05, 3.63) is 23.8 Å². The van der Waals surface area contributed by atoms with Crippen molar-refractivity contribution in [2.45, 2.75) is 38.5 Å². The third-order valence-electron chi connectivity index (χ3n) is 3.33. The SMILES string of the molecule is O=C(O)CCCCC(=O)Nc1ccc2c(c1)CCC(=O)N2. The average molecular weight is 290 g/mol. The number of carbonyl (C=O) groups excluding carboxylic acids is 2. The topological polar surface area (TPSA) is 95.5 Å². The van der Waals surface area contributed by atoms with Gasteiger partial charge >= 0.3 is 5.97 Å². The van der Waals surface area contributed by atoms with Crippen molar-refractivity contribution < 1.29 is 19.5 Å². The monoisotopic (exact) mass is 290 g/mol. The number of anilines is 2. The second kappa shape index (κ2) is 6.88. The summed E-state index contributed by atoms with van der Waals surface area (Å²) < 4.78 is 0. The number of carboxylic acids is 1. The molecule has 2 rings (SSSR count). The second-order valence-electron chi connectivity index (χ2n) is 5.07. The zero-order chi connectivity index (χ0) is 15.2. The molecule has 1 aliphatic heterocycles. The third-order valence-corrected chi connectivity index (χ3v) is 3.33. The standard InChI is InChI=1S/C15H18N2O4/c18-13(3-1-2-4-15(20)21)16-11-6-7-12-10(9-11)5-8-14(19)17-12/h6-7,9H,1-5,8H2,(H,16,18)(H,17,19)(H,20,21). The van der Waals surface area contributed by atoms with E-state index in [1.807, 2.05) is 6.07 Å². The maximum absolute atomic E-state index is 11.7. The quantitative estimate of drug-likeness (QED) is 0.699. The Bertz CT molecular complexity index is 569. The summed E-state index contributed by atoms with van der Waals surface area (Å²) in [6.07, 6.45) is 2.58. The number of nitrogens with one attached hydrogen (secondary N) is 2. The number of aliphatic carboxylic acids is 1. The Balaban J connectivity index is 1.84. The fourth-order valence-electron chi connectivity index (χ4n) is 2.25. The predicted octanol–water partition coefficient (Wildman–Crippen LogP) is 2.15. The zero-order valence-electron chi connectivity index (χ0n) is 11.6. The van der Waals surface area contributed by atoms with Crippen molar-refractivity contribution in [3.8, 4) is 0 Å². The van der Waals surface area contributed by atoms with Crippen molar-refractivity contribution in [2.75, 3.05) is 10.6 Å². The van der Waals surface area contributed by atoms with Gasteiger partial charge in [0.25, 0.3) is 0 Å². The number of aryl methyl sites for hydroxylation is 1. The maximum atomic E-state index is 11.7. The van der Waals surface area contributed by atoms with E-state index in [-0.39, 0.29) is 18.2 Å². The van der Waals surface area contributed by atoms with Crippen LogP contribution in [0.5, 0.6) is 0 Å². The van der Waals surface area contributed by atoms with Gasteiger partial charge in [-0.15, -0.1) is 0 Å². The zero-order valence-corrected chi connectivity index (χ0v) is 11.6. The molecule has 6 nitrogen and oxygen atoms in total. The van der Waals surface area contributed by atoms with E-state index in [4.69, 9.17) is 5.11 Å². The van der Waals surface area contributed by atoms with Gasteiger partial charge < -0.3 is 15.7 Å². The van der Waals surface area contributed by atoms with Gasteiger partial charge in [-0.2, -0.15) is 0 Å². The lowest BCUT2D eigenvalue weighted by atomic mass is 10.0. The molecule has 0 aromatic heterocycles. The fourth-order valence-corrected chi connectivity index (χ4v) is 2.25. The van der Waals surface area contributed by atoms with E-state index in [0.717, 1.165) is 11.3 Å². The molecule has 21 heavy (non-hydrogen) atoms. The van der Waals surface area contributed by atoms with Crippen LogP contribution >= 0.6 is 0 Å². The molecule has 0 spiro atoms. The molecule has 6 heteroatoms. The van der Waals surface area contributed by atoms with E-state index in [1.165, 1.54) is 0 Å². The van der Waals surface area contributed by atoms with Crippen LogP contribution in [0.15, 0.2) is 18.2 Å². The highest BCUT2D eigenvalue weighted by Gasteiger charge is 2.15. The third kappa shape index (κ3) is 4.59. The van der Waals surface area contributed by atoms with E-state index in [0.29, 0.717) is 37.8 Å². The molecule has 112 valence electrons. The average Bonchev–Trinajstić information content (AvgIpc) is 2.43. The normalized spacial score (nSPS) is 13.2. The van der Waals surface area contributed by atoms with Crippen LogP contribution < -0.4 is 10.6 Å². The molecule has 0 radical (unpaired) electrons. The van der Waals surface area contributed by atoms with Gasteiger partial charge in [0.2, 0.25) is 11.8 Å². The molecule has 0 aliphatic carbocycles. The minimum atomic E-state index is -0.841. The molecule has 0 bridgehead atoms. The Hall–Kier alpha value is -2.37. The van der Waals surface area contributed by atoms with Gasteiger partial charge in [0.1, 0.15) is 0 Å². The molecule has 0 saturated heterocycles. The number of benzene rings is 1. The van der Waals surface area contributed by atoms with Crippen molar-refractivity contribution >= 4 is 29.2 Å². The first-order chi connectivity index (χ1) is 10.0. The fraction of sp³-hybridized carbons (Fsp3) is 0.400. The van der Waals surface area contributed by atoms with E-state index < -0.39 is 5.97 Å². The molecular formula is C15H18N2O4. The smallest absolute Gasteiger partial charge is 0.303 e. The van der Waals surface area contributed by atoms with Crippen molar-refractivity contribution in [1.82, 2.24) is 0 Å². The van der Waals surface area contributed by atoms with Crippen LogP contribution in [0.4, 0.5) is 11.4 Å². The van der Waals surface area contributed by atoms with E-state index >= 15 is 0 Å². The maximum Gasteiger partial charge on any atom is 0.303 e. The molecule has 1 aromatic carbocycles. The largest absolute Gasteiger partial charge is 0.481 e. The van der Waals surface area contributed by atoms with Crippen LogP contribution in [0.3, 0.4) is 0 Å². The van der Waals surface area contributed by atoms with E-state index in [1.54, 1.807) is 12.1 Å². The first kappa shape index (κ1) is 15.0. The number of rotatable bonds is 6. The number of hydrogen-bond donors (Lipinski definition) is 3. The highest BCUT2D eigenvalue weighted by molar-refractivity contribution is 5.95. The van der Waals surface area contributed by atoms with Gasteiger partial charge in [0.05, 0.1) is 0 Å². The Morgan fingerprint density at radius 2 is 1.95 bits per heavy atom. The minimum absolute atomic E-state index is 0.0118. The lowest BCUT2D eigenvalue weighted by Crippen LogP contribution is -2.19. The van der Waals surface area contributed by atoms with Crippen LogP contribution in [-0.4, -0.2) is 22.9 Å². The molecular weight excluding hydrogens is 272 g/mol. The lowest BCUT2D eigenvalue weighted by Gasteiger charge is -2.17. The van der Waals surface area contributed by atoms with Crippen molar-refractivity contribution in [2.24, 2.45) is 0 Å². The predicted molar refractivity (Wildman–Crippen MR) is 78.1 cm³/mol. The summed E-state index contributed by atoms with van der Waals surface area (Å²) in [4.78, 5) is 33.4. The molecule has 1 aromatic rings. The summed E-state index contributed by atoms with van der Waals surface area (Å²) in [6, 6.07) is 5.40. The van der Waals surface area contributed by atoms with Crippen molar-refractivity contribution in [3.63, 3.8) is 0 Å². The van der Waals surface area contributed by atoms with Gasteiger partial charge in [0, 0.05) is 30.6 Å². The molecule has 0 unspecified atom stereocenters. The van der Waals surface area contributed by atoms with Gasteiger partial charge in [-0.3, -0.25) is 14.4 Å². The summed E-state index contributed by atoms with van der Waals surface area (Å²) in [7, 11) is 0. The van der Waals surface area contributed by atoms with Crippen LogP contribution in [0.2, 0.25) is 0 Å². The Morgan fingerprint density at radius 1 is 1.19 bits per heavy atom. The van der Waals surface area contributed by atoms with Crippen LogP contribution in [0.25, 0.3) is 0 Å². The van der Waals surface area contributed by atoms with Gasteiger partial charge in [0.15, 0.2) is 0 Å². The minimum Gasteiger partial charge on any atom is -0.481 e. The number of carbonyl (C=O) groups is 3. The lowest BCUT2D eigenvalue weighted by molar-refractivity contribution is -0.137. The number of unbranched alkanes of at least 4 members (excludes halogenated alkanes) is 1. The summed E-state index contributed by atoms with van der Waals surface area (Å²) in [6.45, 7) is 0. The highest BCUT2D eigenvalue weighted by atomic mass is 16.4. The molecule has 0 fully saturated rings. The summed E-state index contributed by atoms with van der Waals surface area (Å²) in [5.74, 6) is -0.954. The summed E-state index contributed by atoms with van der Waals surface area (Å²) >= 11 is 0. The molecule has 1 heterocycles. The van der Waals surface area contributed by atoms with Crippen LogP contribution in [0.1, 0.15) is 37.7 Å². The first-order valence-corrected chi connectivity index (χ1v) is 6.99. The first-order valence-electron chi connectivity index (χ1n) is 6.99. The number of hydrogen-bond acceptors (Lipinski definition) is 3. The number of fused-ring (bicyclic) bond motifs is 1. The van der Waals surface area contributed by atoms with Crippen LogP contribution in [0, 0.1) is 0 Å². The summed E-state index contributed by atoms with van der Waals surface area (Å²) in [5, 5.41) is 14.1. The number of carboxylic acid groups (broad SMARTS) is 1. The molecule has 1 aliphatic rings. The van der Waals surface area contributed by atoms with Crippen LogP contribution in [-0.2, 0) is 20.8 Å². The van der Waals surface area contributed by atoms with E-state index in [2.05, 4.69) is 10.6 Å². The Labute approximate surface area is 122 Å². The Kier molecular flexibility index (Phi) is 4.92.